The van der Waals surface area contributed by atoms with E-state index in [4.69, 9.17) is 11.6 Å². The summed E-state index contributed by atoms with van der Waals surface area (Å²) in [5.74, 6) is -0.430. The lowest BCUT2D eigenvalue weighted by Gasteiger charge is -2.31. The summed E-state index contributed by atoms with van der Waals surface area (Å²) < 4.78 is 0. The van der Waals surface area contributed by atoms with Crippen molar-refractivity contribution in [3.05, 3.63) is 92.6 Å². The van der Waals surface area contributed by atoms with E-state index >= 15 is 0 Å². The van der Waals surface area contributed by atoms with Crippen LogP contribution in [0.4, 0.5) is 0 Å². The number of nitrogens with one attached hydrogen (secondary N) is 1. The molecule has 0 spiro atoms. The SMILES string of the molecule is O=C(c1ccc(Cl)cc1)c1ccccc1C(=O)N1CCC(C(=O)NCCc2cccs2)CC1. The van der Waals surface area contributed by atoms with E-state index in [0.29, 0.717) is 54.2 Å². The van der Waals surface area contributed by atoms with Crippen molar-refractivity contribution in [1.82, 2.24) is 10.2 Å². The van der Waals surface area contributed by atoms with Gasteiger partial charge < -0.3 is 10.2 Å². The Hall–Kier alpha value is -2.96. The summed E-state index contributed by atoms with van der Waals surface area (Å²) in [7, 11) is 0. The van der Waals surface area contributed by atoms with Crippen molar-refractivity contribution < 1.29 is 14.4 Å². The fourth-order valence-corrected chi connectivity index (χ4v) is 4.88. The second-order valence-electron chi connectivity index (χ2n) is 8.07. The van der Waals surface area contributed by atoms with Gasteiger partial charge in [0.15, 0.2) is 5.78 Å². The highest BCUT2D eigenvalue weighted by atomic mass is 35.5. The average molecular weight is 481 g/mol. The van der Waals surface area contributed by atoms with E-state index < -0.39 is 0 Å². The van der Waals surface area contributed by atoms with Crippen molar-refractivity contribution in [3.8, 4) is 0 Å². The number of rotatable bonds is 7. The largest absolute Gasteiger partial charge is 0.355 e. The van der Waals surface area contributed by atoms with E-state index in [1.54, 1.807) is 64.8 Å². The van der Waals surface area contributed by atoms with Crippen LogP contribution in [0.3, 0.4) is 0 Å². The van der Waals surface area contributed by atoms with Crippen LogP contribution in [0.15, 0.2) is 66.0 Å². The molecule has 4 rings (SSSR count). The van der Waals surface area contributed by atoms with Crippen molar-refractivity contribution in [1.29, 1.82) is 0 Å². The first-order valence-electron chi connectivity index (χ1n) is 11.0. The van der Waals surface area contributed by atoms with Crippen LogP contribution in [-0.4, -0.2) is 42.1 Å². The highest BCUT2D eigenvalue weighted by Crippen LogP contribution is 2.23. The number of amides is 2. The highest BCUT2D eigenvalue weighted by molar-refractivity contribution is 7.09. The van der Waals surface area contributed by atoms with Gasteiger partial charge in [0.1, 0.15) is 0 Å². The maximum absolute atomic E-state index is 13.2. The van der Waals surface area contributed by atoms with Crippen molar-refractivity contribution in [2.75, 3.05) is 19.6 Å². The molecule has 2 heterocycles. The monoisotopic (exact) mass is 480 g/mol. The number of nitrogens with zero attached hydrogens (tertiary/aromatic N) is 1. The zero-order valence-corrected chi connectivity index (χ0v) is 19.7. The predicted octanol–water partition coefficient (Wildman–Crippen LogP) is 4.84. The number of carbonyl (C=O) groups excluding carboxylic acids is 3. The molecule has 1 aromatic heterocycles. The average Bonchev–Trinajstić information content (AvgIpc) is 3.37. The van der Waals surface area contributed by atoms with Gasteiger partial charge in [-0.15, -0.1) is 11.3 Å². The maximum atomic E-state index is 13.2. The zero-order chi connectivity index (χ0) is 23.2. The normalized spacial score (nSPS) is 14.2. The van der Waals surface area contributed by atoms with E-state index in [1.165, 1.54) is 4.88 Å². The van der Waals surface area contributed by atoms with Crippen LogP contribution in [0, 0.1) is 5.92 Å². The number of halogens is 1. The number of benzene rings is 2. The minimum atomic E-state index is -0.212. The van der Waals surface area contributed by atoms with Gasteiger partial charge in [0.05, 0.1) is 5.56 Å². The summed E-state index contributed by atoms with van der Waals surface area (Å²) in [6.07, 6.45) is 2.06. The van der Waals surface area contributed by atoms with Crippen LogP contribution in [0.1, 0.15) is 44.0 Å². The predicted molar refractivity (Wildman–Crippen MR) is 131 cm³/mol. The number of ketones is 1. The topological polar surface area (TPSA) is 66.5 Å². The molecular formula is C26H25ClN2O3S. The van der Waals surface area contributed by atoms with E-state index in [1.807, 2.05) is 11.4 Å². The molecule has 3 aromatic rings. The van der Waals surface area contributed by atoms with Gasteiger partial charge in [0.2, 0.25) is 5.91 Å². The minimum absolute atomic E-state index is 0.0528. The van der Waals surface area contributed by atoms with Gasteiger partial charge in [-0.05, 0) is 61.0 Å². The second kappa shape index (κ2) is 10.8. The zero-order valence-electron chi connectivity index (χ0n) is 18.1. The fourth-order valence-electron chi connectivity index (χ4n) is 4.05. The van der Waals surface area contributed by atoms with Crippen LogP contribution in [0.2, 0.25) is 5.02 Å². The summed E-state index contributed by atoms with van der Waals surface area (Å²) >= 11 is 7.62. The van der Waals surface area contributed by atoms with E-state index in [-0.39, 0.29) is 23.5 Å². The van der Waals surface area contributed by atoms with E-state index in [9.17, 15) is 14.4 Å². The molecule has 7 heteroatoms. The number of thiophene rings is 1. The molecule has 5 nitrogen and oxygen atoms in total. The molecule has 1 aliphatic heterocycles. The second-order valence-corrected chi connectivity index (χ2v) is 9.54. The molecule has 0 radical (unpaired) electrons. The molecule has 2 aromatic carbocycles. The quantitative estimate of drug-likeness (QED) is 0.492. The summed E-state index contributed by atoms with van der Waals surface area (Å²) in [5, 5.41) is 5.61. The first-order chi connectivity index (χ1) is 16.0. The molecule has 33 heavy (non-hydrogen) atoms. The summed E-state index contributed by atoms with van der Waals surface area (Å²) in [6, 6.07) is 17.6. The lowest BCUT2D eigenvalue weighted by atomic mass is 9.93. The number of likely N-dealkylation sites (tertiary alicyclic amines) is 1. The smallest absolute Gasteiger partial charge is 0.254 e. The number of piperidine rings is 1. The van der Waals surface area contributed by atoms with Gasteiger partial charge in [0.25, 0.3) is 5.91 Å². The standard InChI is InChI=1S/C26H25ClN2O3S/c27-20-9-7-18(8-10-20)24(30)22-5-1-2-6-23(22)26(32)29-15-12-19(13-16-29)25(31)28-14-11-21-4-3-17-33-21/h1-10,17,19H,11-16H2,(H,28,31). The number of hydrogen-bond donors (Lipinski definition) is 1. The Labute approximate surface area is 202 Å². The van der Waals surface area contributed by atoms with Crippen molar-refractivity contribution in [3.63, 3.8) is 0 Å². The number of carbonyl (C=O) groups is 3. The molecule has 0 unspecified atom stereocenters. The molecular weight excluding hydrogens is 456 g/mol. The molecule has 1 fully saturated rings. The van der Waals surface area contributed by atoms with E-state index in [2.05, 4.69) is 11.4 Å². The fraction of sp³-hybridized carbons (Fsp3) is 0.269. The molecule has 0 atom stereocenters. The number of hydrogen-bond acceptors (Lipinski definition) is 4. The third-order valence-corrected chi connectivity index (χ3v) is 7.10. The first kappa shape index (κ1) is 23.2. The minimum Gasteiger partial charge on any atom is -0.355 e. The van der Waals surface area contributed by atoms with Crippen molar-refractivity contribution in [2.24, 2.45) is 5.92 Å². The molecule has 1 saturated heterocycles. The molecule has 2 amide bonds. The van der Waals surface area contributed by atoms with Crippen molar-refractivity contribution in [2.45, 2.75) is 19.3 Å². The van der Waals surface area contributed by atoms with Gasteiger partial charge in [-0.3, -0.25) is 14.4 Å². The molecule has 0 saturated carbocycles. The lowest BCUT2D eigenvalue weighted by Crippen LogP contribution is -2.43. The van der Waals surface area contributed by atoms with Gasteiger partial charge in [-0.2, -0.15) is 0 Å². The third kappa shape index (κ3) is 5.70. The molecule has 0 aliphatic carbocycles. The Morgan fingerprint density at radius 2 is 1.64 bits per heavy atom. The summed E-state index contributed by atoms with van der Waals surface area (Å²) in [6.45, 7) is 1.61. The van der Waals surface area contributed by atoms with Gasteiger partial charge in [-0.25, -0.2) is 0 Å². The van der Waals surface area contributed by atoms with E-state index in [0.717, 1.165) is 6.42 Å². The van der Waals surface area contributed by atoms with Gasteiger partial charge in [0, 0.05) is 46.6 Å². The Balaban J connectivity index is 1.35. The van der Waals surface area contributed by atoms with Gasteiger partial charge in [-0.1, -0.05) is 35.9 Å². The maximum Gasteiger partial charge on any atom is 0.254 e. The Morgan fingerprint density at radius 1 is 0.939 bits per heavy atom. The lowest BCUT2D eigenvalue weighted by molar-refractivity contribution is -0.126. The summed E-state index contributed by atoms with van der Waals surface area (Å²) in [5.41, 5.74) is 1.24. The van der Waals surface area contributed by atoms with Crippen molar-refractivity contribution >= 4 is 40.5 Å². The molecule has 1 N–H and O–H groups in total. The van der Waals surface area contributed by atoms with Crippen LogP contribution in [-0.2, 0) is 11.2 Å². The Bertz CT molecular complexity index is 1120. The Kier molecular flexibility index (Phi) is 7.57. The van der Waals surface area contributed by atoms with Crippen LogP contribution in [0.25, 0.3) is 0 Å². The summed E-state index contributed by atoms with van der Waals surface area (Å²) in [4.78, 5) is 41.8. The molecule has 0 bridgehead atoms. The van der Waals surface area contributed by atoms with Gasteiger partial charge >= 0.3 is 0 Å². The third-order valence-electron chi connectivity index (χ3n) is 5.91. The Morgan fingerprint density at radius 3 is 2.30 bits per heavy atom. The van der Waals surface area contributed by atoms with Crippen LogP contribution < -0.4 is 5.32 Å². The first-order valence-corrected chi connectivity index (χ1v) is 12.3. The molecule has 170 valence electrons. The van der Waals surface area contributed by atoms with Crippen LogP contribution >= 0.6 is 22.9 Å². The van der Waals surface area contributed by atoms with Crippen LogP contribution in [0.5, 0.6) is 0 Å². The highest BCUT2D eigenvalue weighted by Gasteiger charge is 2.29. The molecule has 1 aliphatic rings.